The molecule has 5 atom stereocenters. The average Bonchev–Trinajstić information content (AvgIpc) is 3.13. The highest BCUT2D eigenvalue weighted by molar-refractivity contribution is 7.99. The van der Waals surface area contributed by atoms with Gasteiger partial charge in [0, 0.05) is 37.9 Å². The number of carbonyl (C=O) groups is 1. The predicted molar refractivity (Wildman–Crippen MR) is 114 cm³/mol. The average molecular weight is 396 g/mol. The van der Waals surface area contributed by atoms with Crippen molar-refractivity contribution in [2.45, 2.75) is 64.1 Å². The fourth-order valence-corrected chi connectivity index (χ4v) is 5.19. The first-order chi connectivity index (χ1) is 12.9. The molecule has 4 nitrogen and oxygen atoms in total. The Labute approximate surface area is 169 Å². The number of aliphatic hydroxyl groups excluding tert-OH is 2. The van der Waals surface area contributed by atoms with Crippen LogP contribution in [-0.2, 0) is 4.79 Å². The summed E-state index contributed by atoms with van der Waals surface area (Å²) in [6.07, 6.45) is 12.3. The van der Waals surface area contributed by atoms with Crippen LogP contribution in [0.2, 0.25) is 0 Å². The fourth-order valence-electron chi connectivity index (χ4n) is 4.25. The highest BCUT2D eigenvalue weighted by atomic mass is 32.2. The number of amides is 1. The van der Waals surface area contributed by atoms with Gasteiger partial charge < -0.3 is 15.1 Å². The summed E-state index contributed by atoms with van der Waals surface area (Å²) >= 11 is 1.83. The molecule has 0 unspecified atom stereocenters. The summed E-state index contributed by atoms with van der Waals surface area (Å²) in [6.45, 7) is 2.17. The number of aliphatic hydroxyl groups is 2. The summed E-state index contributed by atoms with van der Waals surface area (Å²) in [6, 6.07) is 0. The summed E-state index contributed by atoms with van der Waals surface area (Å²) in [5.74, 6) is 3.12. The van der Waals surface area contributed by atoms with Gasteiger partial charge in [0.1, 0.15) is 0 Å². The van der Waals surface area contributed by atoms with E-state index < -0.39 is 0 Å². The summed E-state index contributed by atoms with van der Waals surface area (Å²) in [4.78, 5) is 13.3. The largest absolute Gasteiger partial charge is 0.392 e. The predicted octanol–water partition coefficient (Wildman–Crippen LogP) is 3.64. The molecule has 1 saturated carbocycles. The molecule has 0 heterocycles. The number of carbonyl (C=O) groups excluding carboxylic acids is 1. The molecule has 0 aromatic carbocycles. The molecule has 0 aliphatic heterocycles. The molecule has 0 saturated heterocycles. The molecular weight excluding hydrogens is 358 g/mol. The quantitative estimate of drug-likeness (QED) is 0.414. The van der Waals surface area contributed by atoms with Crippen molar-refractivity contribution in [1.29, 1.82) is 0 Å². The molecule has 0 bridgehead atoms. The molecular formula is C22H37NO3S. The Morgan fingerprint density at radius 3 is 2.89 bits per heavy atom. The van der Waals surface area contributed by atoms with Gasteiger partial charge in [0.05, 0.1) is 12.2 Å². The van der Waals surface area contributed by atoms with E-state index in [1.165, 1.54) is 5.57 Å². The van der Waals surface area contributed by atoms with Crippen LogP contribution in [0.5, 0.6) is 0 Å². The molecule has 2 N–H and O–H groups in total. The molecule has 1 fully saturated rings. The van der Waals surface area contributed by atoms with E-state index in [1.807, 2.05) is 17.8 Å². The van der Waals surface area contributed by atoms with Crippen LogP contribution in [0.25, 0.3) is 0 Å². The normalized spacial score (nSPS) is 28.4. The van der Waals surface area contributed by atoms with Crippen molar-refractivity contribution in [3.05, 3.63) is 23.8 Å². The standard InChI is InChI=1S/C22H37NO3S/c1-4-5-6-7-18(24)8-9-19-20-13-16(12-17(20)14-21(19)25)15-27-11-10-22(26)23(2)3/h8-9,12,17-21,24-25H,4-7,10-11,13-15H2,1-3H3/b9-8+/t17-,18-,19+,20-,21+/m0/s1. The van der Waals surface area contributed by atoms with Gasteiger partial charge >= 0.3 is 0 Å². The lowest BCUT2D eigenvalue weighted by Gasteiger charge is -2.19. The molecule has 0 aromatic rings. The van der Waals surface area contributed by atoms with Gasteiger partial charge in [0.25, 0.3) is 0 Å². The van der Waals surface area contributed by atoms with E-state index in [1.54, 1.807) is 19.0 Å². The van der Waals surface area contributed by atoms with Crippen molar-refractivity contribution < 1.29 is 15.0 Å². The van der Waals surface area contributed by atoms with E-state index in [0.29, 0.717) is 18.3 Å². The lowest BCUT2D eigenvalue weighted by molar-refractivity contribution is -0.128. The van der Waals surface area contributed by atoms with Crippen molar-refractivity contribution in [1.82, 2.24) is 4.90 Å². The van der Waals surface area contributed by atoms with Crippen LogP contribution in [0.15, 0.2) is 23.8 Å². The maximum Gasteiger partial charge on any atom is 0.222 e. The van der Waals surface area contributed by atoms with E-state index in [2.05, 4.69) is 19.1 Å². The monoisotopic (exact) mass is 395 g/mol. The Bertz CT molecular complexity index is 532. The van der Waals surface area contributed by atoms with Crippen molar-refractivity contribution in [3.8, 4) is 0 Å². The van der Waals surface area contributed by atoms with Crippen LogP contribution in [0.3, 0.4) is 0 Å². The number of hydrogen-bond donors (Lipinski definition) is 2. The fraction of sp³-hybridized carbons (Fsp3) is 0.773. The van der Waals surface area contributed by atoms with Crippen LogP contribution < -0.4 is 0 Å². The van der Waals surface area contributed by atoms with Crippen LogP contribution in [0.1, 0.15) is 51.9 Å². The van der Waals surface area contributed by atoms with Crippen molar-refractivity contribution in [2.75, 3.05) is 25.6 Å². The minimum Gasteiger partial charge on any atom is -0.392 e. The molecule has 154 valence electrons. The second-order valence-electron chi connectivity index (χ2n) is 8.28. The smallest absolute Gasteiger partial charge is 0.222 e. The van der Waals surface area contributed by atoms with Gasteiger partial charge in [0.2, 0.25) is 5.91 Å². The van der Waals surface area contributed by atoms with Gasteiger partial charge in [-0.2, -0.15) is 11.8 Å². The minimum absolute atomic E-state index is 0.157. The SMILES string of the molecule is CCCCC[C@H](O)/C=C/[C@@H]1[C@H]2CC(CSCCC(=O)N(C)C)=C[C@H]2C[C@H]1O. The third-order valence-corrected chi connectivity index (χ3v) is 6.92. The number of allylic oxidation sites excluding steroid dienone is 1. The third kappa shape index (κ3) is 6.95. The van der Waals surface area contributed by atoms with E-state index >= 15 is 0 Å². The van der Waals surface area contributed by atoms with Gasteiger partial charge in [-0.05, 0) is 31.1 Å². The third-order valence-electron chi connectivity index (χ3n) is 5.86. The Kier molecular flexibility index (Phi) is 9.40. The molecule has 1 amide bonds. The maximum atomic E-state index is 11.6. The van der Waals surface area contributed by atoms with E-state index in [0.717, 1.165) is 50.0 Å². The van der Waals surface area contributed by atoms with Crippen molar-refractivity contribution in [2.24, 2.45) is 17.8 Å². The Morgan fingerprint density at radius 2 is 2.19 bits per heavy atom. The second-order valence-corrected chi connectivity index (χ2v) is 9.38. The topological polar surface area (TPSA) is 60.8 Å². The first kappa shape index (κ1) is 22.5. The molecule has 27 heavy (non-hydrogen) atoms. The minimum atomic E-state index is -0.388. The molecule has 2 rings (SSSR count). The van der Waals surface area contributed by atoms with Gasteiger partial charge in [0.15, 0.2) is 0 Å². The summed E-state index contributed by atoms with van der Waals surface area (Å²) in [5, 5.41) is 20.6. The number of rotatable bonds is 11. The molecule has 0 radical (unpaired) electrons. The highest BCUT2D eigenvalue weighted by Gasteiger charge is 2.43. The van der Waals surface area contributed by atoms with E-state index in [4.69, 9.17) is 0 Å². The number of unbranched alkanes of at least 4 members (excludes halogenated alkanes) is 2. The van der Waals surface area contributed by atoms with E-state index in [-0.39, 0.29) is 24.0 Å². The summed E-state index contributed by atoms with van der Waals surface area (Å²) < 4.78 is 0. The lowest BCUT2D eigenvalue weighted by Crippen LogP contribution is -2.21. The summed E-state index contributed by atoms with van der Waals surface area (Å²) in [5.41, 5.74) is 1.46. The molecule has 2 aliphatic carbocycles. The second kappa shape index (κ2) is 11.3. The van der Waals surface area contributed by atoms with Gasteiger partial charge in [-0.25, -0.2) is 0 Å². The first-order valence-electron chi connectivity index (χ1n) is 10.4. The Hall–Kier alpha value is -0.780. The maximum absolute atomic E-state index is 11.6. The van der Waals surface area contributed by atoms with Crippen LogP contribution in [0.4, 0.5) is 0 Å². The number of thioether (sulfide) groups is 1. The van der Waals surface area contributed by atoms with Gasteiger partial charge in [-0.1, -0.05) is 50.0 Å². The number of hydrogen-bond acceptors (Lipinski definition) is 4. The molecule has 2 aliphatic rings. The molecule has 5 heteroatoms. The number of nitrogens with zero attached hydrogens (tertiary/aromatic N) is 1. The first-order valence-corrected chi connectivity index (χ1v) is 11.6. The van der Waals surface area contributed by atoms with Crippen molar-refractivity contribution >= 4 is 17.7 Å². The van der Waals surface area contributed by atoms with Crippen molar-refractivity contribution in [3.63, 3.8) is 0 Å². The summed E-state index contributed by atoms with van der Waals surface area (Å²) in [7, 11) is 3.60. The van der Waals surface area contributed by atoms with Crippen LogP contribution in [0, 0.1) is 17.8 Å². The number of fused-ring (bicyclic) bond motifs is 1. The van der Waals surface area contributed by atoms with Crippen LogP contribution in [-0.4, -0.2) is 58.8 Å². The van der Waals surface area contributed by atoms with Gasteiger partial charge in [-0.15, -0.1) is 0 Å². The lowest BCUT2D eigenvalue weighted by atomic mass is 9.89. The zero-order valence-electron chi connectivity index (χ0n) is 17.1. The van der Waals surface area contributed by atoms with Crippen LogP contribution >= 0.6 is 11.8 Å². The zero-order chi connectivity index (χ0) is 19.8. The van der Waals surface area contributed by atoms with E-state index in [9.17, 15) is 15.0 Å². The zero-order valence-corrected chi connectivity index (χ0v) is 18.0. The molecule has 0 spiro atoms. The Balaban J connectivity index is 1.76. The Morgan fingerprint density at radius 1 is 1.41 bits per heavy atom. The van der Waals surface area contributed by atoms with Gasteiger partial charge in [-0.3, -0.25) is 4.79 Å². The highest BCUT2D eigenvalue weighted by Crippen LogP contribution is 2.47. The molecule has 0 aromatic heterocycles.